The molecule has 23 heavy (non-hydrogen) atoms. The zero-order valence-corrected chi connectivity index (χ0v) is 15.0. The molecule has 124 valence electrons. The van der Waals surface area contributed by atoms with Crippen LogP contribution in [0.15, 0.2) is 54.6 Å². The fourth-order valence-electron chi connectivity index (χ4n) is 2.96. The summed E-state index contributed by atoms with van der Waals surface area (Å²) in [5, 5.41) is 0. The molecule has 0 aliphatic heterocycles. The standard InChI is InChI=1S/C18H25NO3Si/c1-20-23(21-2,22-3)17(13-15-9-5-4-6-10-15)14-16-11-7-8-12-18(16)19/h4-12,17H,13-14,19H2,1-3H3. The summed E-state index contributed by atoms with van der Waals surface area (Å²) in [6.07, 6.45) is 1.57. The van der Waals surface area contributed by atoms with E-state index < -0.39 is 8.80 Å². The Morgan fingerprint density at radius 2 is 1.39 bits per heavy atom. The highest BCUT2D eigenvalue weighted by Crippen LogP contribution is 2.33. The second-order valence-corrected chi connectivity index (χ2v) is 8.75. The number of para-hydroxylation sites is 1. The van der Waals surface area contributed by atoms with Crippen LogP contribution in [0.3, 0.4) is 0 Å². The summed E-state index contributed by atoms with van der Waals surface area (Å²) < 4.78 is 17.2. The van der Waals surface area contributed by atoms with E-state index in [1.165, 1.54) is 5.56 Å². The van der Waals surface area contributed by atoms with Crippen LogP contribution in [0.5, 0.6) is 0 Å². The second-order valence-electron chi connectivity index (χ2n) is 5.51. The molecule has 0 aliphatic rings. The van der Waals surface area contributed by atoms with Crippen molar-refractivity contribution in [2.24, 2.45) is 0 Å². The molecule has 0 amide bonds. The maximum atomic E-state index is 6.12. The smallest absolute Gasteiger partial charge is 0.399 e. The van der Waals surface area contributed by atoms with Crippen molar-refractivity contribution in [3.05, 3.63) is 65.7 Å². The van der Waals surface area contributed by atoms with Gasteiger partial charge in [-0.05, 0) is 30.0 Å². The lowest BCUT2D eigenvalue weighted by molar-refractivity contribution is 0.110. The van der Waals surface area contributed by atoms with Crippen molar-refractivity contribution in [1.29, 1.82) is 0 Å². The maximum absolute atomic E-state index is 6.12. The molecule has 0 aromatic heterocycles. The molecule has 2 aromatic rings. The SMILES string of the molecule is CO[Si](OC)(OC)C(Cc1ccccc1)Cc1ccccc1N. The zero-order chi connectivity index (χ0) is 16.7. The van der Waals surface area contributed by atoms with Crippen LogP contribution in [0.2, 0.25) is 5.54 Å². The summed E-state index contributed by atoms with van der Waals surface area (Å²) in [6, 6.07) is 18.2. The molecule has 2 rings (SSSR count). The Balaban J connectivity index is 2.32. The van der Waals surface area contributed by atoms with Gasteiger partial charge >= 0.3 is 8.80 Å². The van der Waals surface area contributed by atoms with E-state index in [0.29, 0.717) is 0 Å². The summed E-state index contributed by atoms with van der Waals surface area (Å²) >= 11 is 0. The molecule has 0 heterocycles. The average Bonchev–Trinajstić information content (AvgIpc) is 2.60. The lowest BCUT2D eigenvalue weighted by Gasteiger charge is -2.33. The van der Waals surface area contributed by atoms with Gasteiger partial charge in [-0.3, -0.25) is 0 Å². The van der Waals surface area contributed by atoms with Crippen molar-refractivity contribution in [2.45, 2.75) is 18.4 Å². The van der Waals surface area contributed by atoms with Crippen molar-refractivity contribution in [3.63, 3.8) is 0 Å². The molecule has 0 saturated carbocycles. The number of benzene rings is 2. The van der Waals surface area contributed by atoms with Crippen LogP contribution in [-0.4, -0.2) is 30.1 Å². The highest BCUT2D eigenvalue weighted by molar-refractivity contribution is 6.62. The van der Waals surface area contributed by atoms with Crippen molar-refractivity contribution in [3.8, 4) is 0 Å². The summed E-state index contributed by atoms with van der Waals surface area (Å²) in [5.41, 5.74) is 9.33. The zero-order valence-electron chi connectivity index (χ0n) is 14.0. The molecule has 0 radical (unpaired) electrons. The third kappa shape index (κ3) is 4.20. The van der Waals surface area contributed by atoms with Crippen molar-refractivity contribution in [2.75, 3.05) is 27.1 Å². The van der Waals surface area contributed by atoms with Crippen LogP contribution < -0.4 is 5.73 Å². The van der Waals surface area contributed by atoms with Crippen molar-refractivity contribution >= 4 is 14.5 Å². The average molecular weight is 331 g/mol. The lowest BCUT2D eigenvalue weighted by Crippen LogP contribution is -2.49. The van der Waals surface area contributed by atoms with Crippen LogP contribution in [0.4, 0.5) is 5.69 Å². The molecule has 1 unspecified atom stereocenters. The van der Waals surface area contributed by atoms with Gasteiger partial charge in [0, 0.05) is 32.6 Å². The minimum absolute atomic E-state index is 0.0922. The summed E-state index contributed by atoms with van der Waals surface area (Å²) in [7, 11) is 2.18. The van der Waals surface area contributed by atoms with Crippen LogP contribution in [-0.2, 0) is 26.1 Å². The molecule has 4 nitrogen and oxygen atoms in total. The molecule has 0 saturated heterocycles. The van der Waals surface area contributed by atoms with Gasteiger partial charge in [-0.25, -0.2) is 0 Å². The van der Waals surface area contributed by atoms with Crippen LogP contribution in [0.25, 0.3) is 0 Å². The third-order valence-corrected chi connectivity index (χ3v) is 7.32. The number of anilines is 1. The number of nitrogen functional groups attached to an aromatic ring is 1. The highest BCUT2D eigenvalue weighted by Gasteiger charge is 2.47. The van der Waals surface area contributed by atoms with Gasteiger partial charge in [0.2, 0.25) is 0 Å². The van der Waals surface area contributed by atoms with Crippen LogP contribution in [0, 0.1) is 0 Å². The van der Waals surface area contributed by atoms with E-state index in [4.69, 9.17) is 19.0 Å². The number of rotatable bonds is 8. The third-order valence-electron chi connectivity index (χ3n) is 4.20. The van der Waals surface area contributed by atoms with Gasteiger partial charge in [-0.2, -0.15) is 0 Å². The molecule has 2 N–H and O–H groups in total. The van der Waals surface area contributed by atoms with E-state index in [2.05, 4.69) is 12.1 Å². The van der Waals surface area contributed by atoms with E-state index in [-0.39, 0.29) is 5.54 Å². The Bertz CT molecular complexity index is 594. The first kappa shape index (κ1) is 17.7. The van der Waals surface area contributed by atoms with Gasteiger partial charge in [0.25, 0.3) is 0 Å². The normalized spacial score (nSPS) is 13.0. The second kappa shape index (κ2) is 8.26. The largest absolute Gasteiger partial charge is 0.504 e. The minimum atomic E-state index is -2.79. The maximum Gasteiger partial charge on any atom is 0.504 e. The molecule has 1 atom stereocenters. The van der Waals surface area contributed by atoms with Gasteiger partial charge in [0.1, 0.15) is 0 Å². The van der Waals surface area contributed by atoms with E-state index >= 15 is 0 Å². The van der Waals surface area contributed by atoms with Crippen molar-refractivity contribution < 1.29 is 13.3 Å². The monoisotopic (exact) mass is 331 g/mol. The first-order valence-electron chi connectivity index (χ1n) is 7.68. The molecule has 5 heteroatoms. The Kier molecular flexibility index (Phi) is 6.35. The minimum Gasteiger partial charge on any atom is -0.399 e. The van der Waals surface area contributed by atoms with Crippen LogP contribution >= 0.6 is 0 Å². The molecule has 0 aliphatic carbocycles. The molecular weight excluding hydrogens is 306 g/mol. The molecule has 2 aromatic carbocycles. The van der Waals surface area contributed by atoms with Gasteiger partial charge < -0.3 is 19.0 Å². The van der Waals surface area contributed by atoms with Gasteiger partial charge in [0.05, 0.1) is 0 Å². The van der Waals surface area contributed by atoms with E-state index in [0.717, 1.165) is 24.1 Å². The van der Waals surface area contributed by atoms with Gasteiger partial charge in [-0.15, -0.1) is 0 Å². The summed E-state index contributed by atoms with van der Waals surface area (Å²) in [6.45, 7) is 0. The van der Waals surface area contributed by atoms with Gasteiger partial charge in [0.15, 0.2) is 0 Å². The van der Waals surface area contributed by atoms with E-state index in [1.54, 1.807) is 21.3 Å². The Hall–Kier alpha value is -1.66. The highest BCUT2D eigenvalue weighted by atomic mass is 28.4. The number of hydrogen-bond donors (Lipinski definition) is 1. The Morgan fingerprint density at radius 1 is 0.826 bits per heavy atom. The topological polar surface area (TPSA) is 53.7 Å². The number of nitrogens with two attached hydrogens (primary N) is 1. The number of hydrogen-bond acceptors (Lipinski definition) is 4. The summed E-state index contributed by atoms with van der Waals surface area (Å²) in [4.78, 5) is 0. The van der Waals surface area contributed by atoms with E-state index in [1.807, 2.05) is 42.5 Å². The predicted molar refractivity (Wildman–Crippen MR) is 95.2 cm³/mol. The molecule has 0 fully saturated rings. The van der Waals surface area contributed by atoms with Crippen molar-refractivity contribution in [1.82, 2.24) is 0 Å². The molecular formula is C18H25NO3Si. The van der Waals surface area contributed by atoms with Crippen LogP contribution in [0.1, 0.15) is 11.1 Å². The first-order chi connectivity index (χ1) is 11.1. The fraction of sp³-hybridized carbons (Fsp3) is 0.333. The molecule has 0 bridgehead atoms. The van der Waals surface area contributed by atoms with E-state index in [9.17, 15) is 0 Å². The van der Waals surface area contributed by atoms with Gasteiger partial charge in [-0.1, -0.05) is 48.5 Å². The predicted octanol–water partition coefficient (Wildman–Crippen LogP) is 3.30. The Labute approximate surface area is 139 Å². The molecule has 0 spiro atoms. The summed E-state index contributed by atoms with van der Waals surface area (Å²) in [5.74, 6) is 0. The first-order valence-corrected chi connectivity index (χ1v) is 9.48. The Morgan fingerprint density at radius 3 is 1.96 bits per heavy atom. The fourth-order valence-corrected chi connectivity index (χ4v) is 5.41. The lowest BCUT2D eigenvalue weighted by atomic mass is 10.0. The quantitative estimate of drug-likeness (QED) is 0.596.